The van der Waals surface area contributed by atoms with E-state index in [9.17, 15) is 9.36 Å². The Bertz CT molecular complexity index is 571. The number of rotatable bonds is 7. The monoisotopic (exact) mass is 356 g/mol. The van der Waals surface area contributed by atoms with Gasteiger partial charge in [-0.1, -0.05) is 41.5 Å². The molecule has 0 amide bonds. The molecule has 24 heavy (non-hydrogen) atoms. The predicted octanol–water partition coefficient (Wildman–Crippen LogP) is 5.15. The van der Waals surface area contributed by atoms with E-state index in [-0.39, 0.29) is 29.6 Å². The maximum atomic E-state index is 13.1. The summed E-state index contributed by atoms with van der Waals surface area (Å²) in [7, 11) is -2.39. The average molecular weight is 356 g/mol. The van der Waals surface area contributed by atoms with Gasteiger partial charge in [-0.05, 0) is 35.1 Å². The van der Waals surface area contributed by atoms with E-state index < -0.39 is 13.1 Å². The Morgan fingerprint density at radius 1 is 0.917 bits per heavy atom. The van der Waals surface area contributed by atoms with E-state index in [4.69, 9.17) is 13.8 Å². The van der Waals surface area contributed by atoms with E-state index in [1.54, 1.807) is 31.4 Å². The molecule has 0 aromatic heterocycles. The molecule has 5 nitrogen and oxygen atoms in total. The Balaban J connectivity index is 3.04. The van der Waals surface area contributed by atoms with E-state index in [0.717, 1.165) is 0 Å². The molecule has 0 bridgehead atoms. The first-order valence-electron chi connectivity index (χ1n) is 7.94. The molecule has 0 aliphatic rings. The third kappa shape index (κ3) is 6.76. The number of hydrogen-bond acceptors (Lipinski definition) is 5. The molecule has 1 rings (SSSR count). The van der Waals surface area contributed by atoms with Crippen molar-refractivity contribution in [3.8, 4) is 5.75 Å². The summed E-state index contributed by atoms with van der Waals surface area (Å²) >= 11 is 0. The van der Waals surface area contributed by atoms with Crippen molar-refractivity contribution in [3.05, 3.63) is 29.8 Å². The van der Waals surface area contributed by atoms with Crippen molar-refractivity contribution in [3.63, 3.8) is 0 Å². The van der Waals surface area contributed by atoms with Crippen LogP contribution in [0.4, 0.5) is 0 Å². The first-order valence-corrected chi connectivity index (χ1v) is 9.49. The molecule has 0 fully saturated rings. The Hall–Kier alpha value is -1.16. The molecule has 0 radical (unpaired) electrons. The molecule has 0 aliphatic heterocycles. The van der Waals surface area contributed by atoms with Gasteiger partial charge >= 0.3 is 7.60 Å². The molecule has 0 atom stereocenters. The maximum absolute atomic E-state index is 13.1. The molecular weight excluding hydrogens is 327 g/mol. The second-order valence-electron chi connectivity index (χ2n) is 8.20. The summed E-state index contributed by atoms with van der Waals surface area (Å²) in [6.45, 7) is 12.0. The van der Waals surface area contributed by atoms with Crippen LogP contribution in [0.1, 0.15) is 51.9 Å². The zero-order chi connectivity index (χ0) is 18.6. The fraction of sp³-hybridized carbons (Fsp3) is 0.611. The molecule has 6 heteroatoms. The molecule has 1 aromatic rings. The molecule has 0 unspecified atom stereocenters. The highest BCUT2D eigenvalue weighted by Gasteiger charge is 2.38. The summed E-state index contributed by atoms with van der Waals surface area (Å²) in [5.41, 5.74) is -0.817. The van der Waals surface area contributed by atoms with Crippen LogP contribution in [0, 0.1) is 10.8 Å². The minimum absolute atomic E-state index is 0.163. The standard InChI is InChI=1S/C18H29O5P/c1-17(2,3)12-22-24(20,23-13-18(4,5)6)16(19)14-8-10-15(21-7)11-9-14/h8-11H,12-13H2,1-7H3. The Morgan fingerprint density at radius 3 is 1.67 bits per heavy atom. The van der Waals surface area contributed by atoms with E-state index in [0.29, 0.717) is 5.75 Å². The van der Waals surface area contributed by atoms with Crippen molar-refractivity contribution in [1.82, 2.24) is 0 Å². The molecule has 0 saturated carbocycles. The molecule has 0 spiro atoms. The van der Waals surface area contributed by atoms with Gasteiger partial charge in [-0.25, -0.2) is 0 Å². The topological polar surface area (TPSA) is 61.8 Å². The Kier molecular flexibility index (Phi) is 6.80. The van der Waals surface area contributed by atoms with Gasteiger partial charge in [0.1, 0.15) is 5.75 Å². The van der Waals surface area contributed by atoms with Gasteiger partial charge in [0, 0.05) is 5.56 Å². The smallest absolute Gasteiger partial charge is 0.401 e. The van der Waals surface area contributed by atoms with Crippen molar-refractivity contribution >= 4 is 13.1 Å². The number of carbonyl (C=O) groups excluding carboxylic acids is 1. The highest BCUT2D eigenvalue weighted by molar-refractivity contribution is 7.72. The lowest BCUT2D eigenvalue weighted by atomic mass is 9.99. The third-order valence-corrected chi connectivity index (χ3v) is 4.61. The van der Waals surface area contributed by atoms with Crippen LogP contribution in [0.15, 0.2) is 24.3 Å². The summed E-state index contributed by atoms with van der Waals surface area (Å²) in [6, 6.07) is 6.42. The van der Waals surface area contributed by atoms with E-state index >= 15 is 0 Å². The second-order valence-corrected chi connectivity index (χ2v) is 10.1. The largest absolute Gasteiger partial charge is 0.497 e. The summed E-state index contributed by atoms with van der Waals surface area (Å²) in [5, 5.41) is 0. The van der Waals surface area contributed by atoms with Gasteiger partial charge in [-0.3, -0.25) is 9.36 Å². The molecule has 1 aromatic carbocycles. The number of hydrogen-bond donors (Lipinski definition) is 0. The number of ether oxygens (including phenoxy) is 1. The molecule has 0 aliphatic carbocycles. The summed E-state index contributed by atoms with van der Waals surface area (Å²) < 4.78 is 29.2. The van der Waals surface area contributed by atoms with Crippen molar-refractivity contribution in [2.24, 2.45) is 10.8 Å². The van der Waals surface area contributed by atoms with Crippen molar-refractivity contribution in [2.75, 3.05) is 20.3 Å². The van der Waals surface area contributed by atoms with Gasteiger partial charge in [0.25, 0.3) is 5.52 Å². The van der Waals surface area contributed by atoms with Gasteiger partial charge in [-0.15, -0.1) is 0 Å². The van der Waals surface area contributed by atoms with Gasteiger partial charge in [0.05, 0.1) is 20.3 Å². The molecule has 0 N–H and O–H groups in total. The van der Waals surface area contributed by atoms with Gasteiger partial charge in [0.2, 0.25) is 0 Å². The van der Waals surface area contributed by atoms with Gasteiger partial charge in [0.15, 0.2) is 0 Å². The minimum Gasteiger partial charge on any atom is -0.497 e. The van der Waals surface area contributed by atoms with Crippen LogP contribution in [0.25, 0.3) is 0 Å². The zero-order valence-corrected chi connectivity index (χ0v) is 16.6. The SMILES string of the molecule is COc1ccc(C(=O)P(=O)(OCC(C)(C)C)OCC(C)(C)C)cc1. The molecule has 0 saturated heterocycles. The predicted molar refractivity (Wildman–Crippen MR) is 95.7 cm³/mol. The van der Waals surface area contributed by atoms with E-state index in [1.807, 2.05) is 41.5 Å². The first-order chi connectivity index (χ1) is 10.9. The molecule has 0 heterocycles. The van der Waals surface area contributed by atoms with Crippen molar-refractivity contribution in [1.29, 1.82) is 0 Å². The molecule has 136 valence electrons. The maximum Gasteiger partial charge on any atom is 0.401 e. The Morgan fingerprint density at radius 2 is 1.33 bits per heavy atom. The van der Waals surface area contributed by atoms with Crippen LogP contribution in [0.2, 0.25) is 0 Å². The van der Waals surface area contributed by atoms with Gasteiger partial charge in [-0.2, -0.15) is 0 Å². The number of benzene rings is 1. The minimum atomic E-state index is -3.93. The highest BCUT2D eigenvalue weighted by atomic mass is 31.2. The number of carbonyl (C=O) groups is 1. The zero-order valence-electron chi connectivity index (χ0n) is 15.7. The van der Waals surface area contributed by atoms with E-state index in [1.165, 1.54) is 0 Å². The lowest BCUT2D eigenvalue weighted by Crippen LogP contribution is -2.20. The van der Waals surface area contributed by atoms with Gasteiger partial charge < -0.3 is 13.8 Å². The lowest BCUT2D eigenvalue weighted by Gasteiger charge is -2.26. The lowest BCUT2D eigenvalue weighted by molar-refractivity contribution is 0.0901. The van der Waals surface area contributed by atoms with Crippen LogP contribution in [0.5, 0.6) is 5.75 Å². The fourth-order valence-corrected chi connectivity index (χ4v) is 3.49. The van der Waals surface area contributed by atoms with Crippen LogP contribution in [0.3, 0.4) is 0 Å². The average Bonchev–Trinajstić information content (AvgIpc) is 2.49. The third-order valence-electron chi connectivity index (χ3n) is 2.92. The highest BCUT2D eigenvalue weighted by Crippen LogP contribution is 2.53. The second kappa shape index (κ2) is 7.81. The summed E-state index contributed by atoms with van der Waals surface area (Å²) in [4.78, 5) is 12.7. The van der Waals surface area contributed by atoms with Crippen molar-refractivity contribution < 1.29 is 23.1 Å². The quantitative estimate of drug-likeness (QED) is 0.632. The normalized spacial score (nSPS) is 13.0. The van der Waals surface area contributed by atoms with Crippen LogP contribution in [-0.2, 0) is 13.6 Å². The Labute approximate surface area is 145 Å². The molecular formula is C18H29O5P. The summed E-state index contributed by atoms with van der Waals surface area (Å²) in [6.07, 6.45) is 0. The fourth-order valence-electron chi connectivity index (χ4n) is 1.60. The van der Waals surface area contributed by atoms with Crippen LogP contribution >= 0.6 is 7.60 Å². The van der Waals surface area contributed by atoms with Crippen LogP contribution in [-0.4, -0.2) is 25.8 Å². The van der Waals surface area contributed by atoms with E-state index in [2.05, 4.69) is 0 Å². The number of methoxy groups -OCH3 is 1. The van der Waals surface area contributed by atoms with Crippen LogP contribution < -0.4 is 4.74 Å². The summed E-state index contributed by atoms with van der Waals surface area (Å²) in [5.74, 6) is 0.618. The first kappa shape index (κ1) is 20.9. The van der Waals surface area contributed by atoms with Crippen molar-refractivity contribution in [2.45, 2.75) is 41.5 Å².